The van der Waals surface area contributed by atoms with E-state index in [-0.39, 0.29) is 12.4 Å². The quantitative estimate of drug-likeness (QED) is 0.277. The number of ether oxygens (including phenoxy) is 3. The summed E-state index contributed by atoms with van der Waals surface area (Å²) in [6, 6.07) is 13.1. The molecule has 0 bridgehead atoms. The standard InChI is InChI=1S/C27H27NO6/c1-5-33-27(30)23-16(2)34-26-19-9-7-6-8-18(19)25(29)20(24(23)26)15-28-13-12-17-10-11-21(31-3)22(14-17)32-4/h6-11,14-15,29H,5,12-13H2,1-4H3. The first-order chi connectivity index (χ1) is 16.5. The third kappa shape index (κ3) is 4.17. The molecule has 4 rings (SSSR count). The predicted molar refractivity (Wildman–Crippen MR) is 132 cm³/mol. The molecular weight excluding hydrogens is 434 g/mol. The van der Waals surface area contributed by atoms with Gasteiger partial charge in [-0.2, -0.15) is 0 Å². The van der Waals surface area contributed by atoms with Crippen LogP contribution in [0.15, 0.2) is 51.9 Å². The lowest BCUT2D eigenvalue weighted by Gasteiger charge is -2.09. The largest absolute Gasteiger partial charge is 0.507 e. The Kier molecular flexibility index (Phi) is 6.72. The molecule has 0 amide bonds. The lowest BCUT2D eigenvalue weighted by molar-refractivity contribution is 0.0526. The van der Waals surface area contributed by atoms with E-state index >= 15 is 0 Å². The van der Waals surface area contributed by atoms with E-state index < -0.39 is 5.97 Å². The Morgan fingerprint density at radius 2 is 1.82 bits per heavy atom. The van der Waals surface area contributed by atoms with Crippen molar-refractivity contribution in [2.75, 3.05) is 27.4 Å². The van der Waals surface area contributed by atoms with Crippen LogP contribution in [-0.2, 0) is 11.2 Å². The third-order valence-corrected chi connectivity index (χ3v) is 5.71. The predicted octanol–water partition coefficient (Wildman–Crippen LogP) is 5.46. The first-order valence-corrected chi connectivity index (χ1v) is 11.0. The van der Waals surface area contributed by atoms with Crippen LogP contribution in [0.3, 0.4) is 0 Å². The summed E-state index contributed by atoms with van der Waals surface area (Å²) in [5.41, 5.74) is 2.30. The normalized spacial score (nSPS) is 11.4. The molecule has 0 unspecified atom stereocenters. The Morgan fingerprint density at radius 1 is 1.09 bits per heavy atom. The van der Waals surface area contributed by atoms with Gasteiger partial charge in [0, 0.05) is 34.5 Å². The van der Waals surface area contributed by atoms with E-state index in [4.69, 9.17) is 18.6 Å². The zero-order valence-electron chi connectivity index (χ0n) is 19.7. The number of fused-ring (bicyclic) bond motifs is 3. The van der Waals surface area contributed by atoms with Crippen molar-refractivity contribution in [2.45, 2.75) is 20.3 Å². The van der Waals surface area contributed by atoms with Crippen LogP contribution in [0.5, 0.6) is 17.2 Å². The number of carbonyl (C=O) groups is 1. The molecule has 0 fully saturated rings. The van der Waals surface area contributed by atoms with Crippen molar-refractivity contribution in [1.82, 2.24) is 0 Å². The molecule has 34 heavy (non-hydrogen) atoms. The van der Waals surface area contributed by atoms with Crippen molar-refractivity contribution in [3.8, 4) is 17.2 Å². The number of hydrogen-bond acceptors (Lipinski definition) is 7. The summed E-state index contributed by atoms with van der Waals surface area (Å²) in [5, 5.41) is 13.0. The van der Waals surface area contributed by atoms with Crippen molar-refractivity contribution in [2.24, 2.45) is 4.99 Å². The fraction of sp³-hybridized carbons (Fsp3) is 0.259. The molecule has 176 valence electrons. The van der Waals surface area contributed by atoms with Gasteiger partial charge in [-0.05, 0) is 38.0 Å². The van der Waals surface area contributed by atoms with E-state index in [9.17, 15) is 9.90 Å². The van der Waals surface area contributed by atoms with Gasteiger partial charge < -0.3 is 23.7 Å². The minimum absolute atomic E-state index is 0.0457. The van der Waals surface area contributed by atoms with Gasteiger partial charge in [0.2, 0.25) is 0 Å². The molecule has 0 atom stereocenters. The van der Waals surface area contributed by atoms with Gasteiger partial charge in [0.05, 0.1) is 20.8 Å². The van der Waals surface area contributed by atoms with Crippen molar-refractivity contribution in [3.63, 3.8) is 0 Å². The van der Waals surface area contributed by atoms with E-state index in [1.807, 2.05) is 42.5 Å². The van der Waals surface area contributed by atoms with Gasteiger partial charge in [-0.25, -0.2) is 4.79 Å². The topological polar surface area (TPSA) is 90.5 Å². The van der Waals surface area contributed by atoms with E-state index in [1.54, 1.807) is 34.3 Å². The maximum Gasteiger partial charge on any atom is 0.342 e. The highest BCUT2D eigenvalue weighted by molar-refractivity contribution is 6.21. The number of aromatic hydroxyl groups is 1. The van der Waals surface area contributed by atoms with Crippen LogP contribution in [0.1, 0.15) is 34.2 Å². The third-order valence-electron chi connectivity index (χ3n) is 5.71. The van der Waals surface area contributed by atoms with Crippen molar-refractivity contribution < 1.29 is 28.5 Å². The van der Waals surface area contributed by atoms with Crippen molar-refractivity contribution in [1.29, 1.82) is 0 Å². The van der Waals surface area contributed by atoms with Gasteiger partial charge in [0.25, 0.3) is 0 Å². The Balaban J connectivity index is 1.74. The second-order valence-corrected chi connectivity index (χ2v) is 7.74. The van der Waals surface area contributed by atoms with Crippen LogP contribution in [0.2, 0.25) is 0 Å². The van der Waals surface area contributed by atoms with Crippen LogP contribution >= 0.6 is 0 Å². The van der Waals surface area contributed by atoms with E-state index in [2.05, 4.69) is 4.99 Å². The zero-order chi connectivity index (χ0) is 24.2. The second-order valence-electron chi connectivity index (χ2n) is 7.74. The number of phenolic OH excluding ortho intramolecular Hbond substituents is 1. The second kappa shape index (κ2) is 9.87. The van der Waals surface area contributed by atoms with Crippen LogP contribution in [0.25, 0.3) is 21.7 Å². The van der Waals surface area contributed by atoms with Crippen molar-refractivity contribution >= 4 is 33.9 Å². The van der Waals surface area contributed by atoms with E-state index in [0.29, 0.717) is 57.7 Å². The van der Waals surface area contributed by atoms with Gasteiger partial charge in [0.15, 0.2) is 11.5 Å². The maximum absolute atomic E-state index is 12.7. The highest BCUT2D eigenvalue weighted by Crippen LogP contribution is 2.40. The van der Waals surface area contributed by atoms with E-state index in [1.165, 1.54) is 0 Å². The Morgan fingerprint density at radius 3 is 2.53 bits per heavy atom. The number of rotatable bonds is 8. The number of carbonyl (C=O) groups excluding carboxylic acids is 1. The molecule has 0 saturated carbocycles. The molecule has 4 aromatic rings. The minimum Gasteiger partial charge on any atom is -0.507 e. The summed E-state index contributed by atoms with van der Waals surface area (Å²) in [6.07, 6.45) is 2.26. The van der Waals surface area contributed by atoms with Crippen LogP contribution in [0, 0.1) is 6.92 Å². The number of hydrogen-bond donors (Lipinski definition) is 1. The number of aliphatic imine (C=N–C) groups is 1. The number of aryl methyl sites for hydroxylation is 1. The summed E-state index contributed by atoms with van der Waals surface area (Å²) >= 11 is 0. The summed E-state index contributed by atoms with van der Waals surface area (Å²) < 4.78 is 21.9. The molecule has 0 aliphatic carbocycles. The molecule has 0 saturated heterocycles. The van der Waals surface area contributed by atoms with Gasteiger partial charge in [-0.15, -0.1) is 0 Å². The van der Waals surface area contributed by atoms with Crippen LogP contribution in [-0.4, -0.2) is 44.7 Å². The summed E-state index contributed by atoms with van der Waals surface area (Å²) in [6.45, 7) is 4.17. The Labute approximate surface area is 197 Å². The maximum atomic E-state index is 12.7. The summed E-state index contributed by atoms with van der Waals surface area (Å²) in [7, 11) is 3.20. The zero-order valence-corrected chi connectivity index (χ0v) is 19.7. The molecule has 0 aliphatic rings. The number of phenols is 1. The summed E-state index contributed by atoms with van der Waals surface area (Å²) in [5.74, 6) is 1.31. The van der Waals surface area contributed by atoms with Gasteiger partial charge in [0.1, 0.15) is 22.7 Å². The Hall–Kier alpha value is -4.00. The molecule has 0 spiro atoms. The number of esters is 1. The molecule has 1 heterocycles. The number of furan rings is 1. The smallest absolute Gasteiger partial charge is 0.342 e. The van der Waals surface area contributed by atoms with Gasteiger partial charge in [-0.3, -0.25) is 4.99 Å². The molecule has 7 heteroatoms. The highest BCUT2D eigenvalue weighted by atomic mass is 16.5. The molecule has 7 nitrogen and oxygen atoms in total. The average Bonchev–Trinajstić information content (AvgIpc) is 3.20. The average molecular weight is 462 g/mol. The first kappa shape index (κ1) is 23.2. The first-order valence-electron chi connectivity index (χ1n) is 11.0. The Bertz CT molecular complexity index is 1390. The fourth-order valence-corrected chi connectivity index (χ4v) is 4.10. The van der Waals surface area contributed by atoms with Crippen molar-refractivity contribution in [3.05, 3.63) is 64.9 Å². The van der Waals surface area contributed by atoms with E-state index in [0.717, 1.165) is 10.9 Å². The number of methoxy groups -OCH3 is 2. The van der Waals surface area contributed by atoms with Gasteiger partial charge in [-0.1, -0.05) is 30.3 Å². The molecule has 0 radical (unpaired) electrons. The molecule has 1 aromatic heterocycles. The van der Waals surface area contributed by atoms with Crippen LogP contribution in [0.4, 0.5) is 0 Å². The highest BCUT2D eigenvalue weighted by Gasteiger charge is 2.25. The molecule has 0 aliphatic heterocycles. The lowest BCUT2D eigenvalue weighted by atomic mass is 9.98. The lowest BCUT2D eigenvalue weighted by Crippen LogP contribution is -2.06. The van der Waals surface area contributed by atoms with Gasteiger partial charge >= 0.3 is 5.97 Å². The SMILES string of the molecule is CCOC(=O)c1c(C)oc2c1c(C=NCCc1ccc(OC)c(OC)c1)c(O)c1ccccc12. The molecule has 1 N–H and O–H groups in total. The monoisotopic (exact) mass is 461 g/mol. The van der Waals surface area contributed by atoms with Crippen LogP contribution < -0.4 is 9.47 Å². The molecular formula is C27H27NO6. The summed E-state index contributed by atoms with van der Waals surface area (Å²) in [4.78, 5) is 17.3. The minimum atomic E-state index is -0.492. The fourth-order valence-electron chi connectivity index (χ4n) is 4.10. The number of benzene rings is 3. The molecule has 3 aromatic carbocycles. The number of nitrogens with zero attached hydrogens (tertiary/aromatic N) is 1.